The van der Waals surface area contributed by atoms with Crippen molar-refractivity contribution in [2.75, 3.05) is 159 Å². The van der Waals surface area contributed by atoms with E-state index in [1.54, 1.807) is 0 Å². The normalized spacial score (nSPS) is 12.2. The third-order valence-electron chi connectivity index (χ3n) is 8.36. The minimum absolute atomic E-state index is 0.0578. The van der Waals surface area contributed by atoms with Gasteiger partial charge in [0.1, 0.15) is 0 Å². The number of hydrogen-bond acceptors (Lipinski definition) is 13. The molecule has 13 nitrogen and oxygen atoms in total. The Hall–Kier alpha value is -1.86. The third kappa shape index (κ3) is 25.4. The van der Waals surface area contributed by atoms with Crippen LogP contribution >= 0.6 is 0 Å². The zero-order valence-electron chi connectivity index (χ0n) is 35.6. The minimum Gasteiger partial charge on any atom is -0.405 e. The van der Waals surface area contributed by atoms with E-state index >= 15 is 0 Å². The molecule has 0 aromatic heterocycles. The second-order valence-corrected chi connectivity index (χ2v) is 18.5. The fourth-order valence-electron chi connectivity index (χ4n) is 5.66. The summed E-state index contributed by atoms with van der Waals surface area (Å²) in [5, 5.41) is 2.48. The molecule has 0 aliphatic rings. The van der Waals surface area contributed by atoms with Crippen molar-refractivity contribution in [3.8, 4) is 0 Å². The molecular weight excluding hydrogens is 753 g/mol. The maximum atomic E-state index is 6.85. The Morgan fingerprint density at radius 1 is 0.351 bits per heavy atom. The Kier molecular flexibility index (Phi) is 31.4. The van der Waals surface area contributed by atoms with Crippen molar-refractivity contribution in [2.45, 2.75) is 45.8 Å². The van der Waals surface area contributed by atoms with Crippen LogP contribution in [0, 0.1) is 0 Å². The predicted octanol–water partition coefficient (Wildman–Crippen LogP) is 4.17. The Morgan fingerprint density at radius 3 is 0.807 bits per heavy atom. The number of benzene rings is 2. The molecule has 0 spiro atoms. The van der Waals surface area contributed by atoms with Gasteiger partial charge >= 0.3 is 0 Å². The SMILES string of the molecule is CC(C)OCCOCCOCCOCCOCCOCCOCCOCCOCCOCCOCCOCCO[Si](c1ccccc1)(c1ccccc1)C(C)(C)C. The van der Waals surface area contributed by atoms with Gasteiger partial charge in [0.2, 0.25) is 0 Å². The fraction of sp³-hybridized carbons (Fsp3) is 0.721. The molecule has 57 heavy (non-hydrogen) atoms. The Labute approximate surface area is 344 Å². The molecule has 0 aliphatic carbocycles. The maximum Gasteiger partial charge on any atom is 0.261 e. The van der Waals surface area contributed by atoms with Gasteiger partial charge in [0, 0.05) is 0 Å². The van der Waals surface area contributed by atoms with Crippen LogP contribution in [0.25, 0.3) is 0 Å². The fourth-order valence-corrected chi connectivity index (χ4v) is 10.2. The summed E-state index contributed by atoms with van der Waals surface area (Å²) >= 11 is 0. The third-order valence-corrected chi connectivity index (χ3v) is 13.4. The smallest absolute Gasteiger partial charge is 0.261 e. The van der Waals surface area contributed by atoms with Crippen LogP contribution in [-0.4, -0.2) is 173 Å². The molecule has 14 heteroatoms. The molecule has 0 unspecified atom stereocenters. The Balaban J connectivity index is 1.27. The van der Waals surface area contributed by atoms with E-state index in [4.69, 9.17) is 61.3 Å². The van der Waals surface area contributed by atoms with Crippen LogP contribution in [0.15, 0.2) is 60.7 Å². The lowest BCUT2D eigenvalue weighted by molar-refractivity contribution is -0.0294. The molecule has 0 atom stereocenters. The van der Waals surface area contributed by atoms with Crippen LogP contribution in [0.3, 0.4) is 0 Å². The zero-order valence-corrected chi connectivity index (χ0v) is 36.6. The molecule has 0 aliphatic heterocycles. The van der Waals surface area contributed by atoms with Crippen LogP contribution in [-0.2, 0) is 61.3 Å². The van der Waals surface area contributed by atoms with Crippen molar-refractivity contribution in [1.29, 1.82) is 0 Å². The second kappa shape index (κ2) is 34.9. The molecule has 0 heterocycles. The summed E-state index contributed by atoms with van der Waals surface area (Å²) in [6.07, 6.45) is 0.228. The average Bonchev–Trinajstić information content (AvgIpc) is 3.20. The molecular formula is C43H74O13Si. The molecule has 0 saturated carbocycles. The molecule has 0 saturated heterocycles. The van der Waals surface area contributed by atoms with Gasteiger partial charge in [0.15, 0.2) is 0 Å². The van der Waals surface area contributed by atoms with E-state index in [0.29, 0.717) is 159 Å². The molecule has 2 aromatic rings. The molecule has 2 aromatic carbocycles. The van der Waals surface area contributed by atoms with Crippen LogP contribution < -0.4 is 10.4 Å². The first-order valence-corrected chi connectivity index (χ1v) is 22.5. The first-order valence-electron chi connectivity index (χ1n) is 20.6. The van der Waals surface area contributed by atoms with E-state index in [0.717, 1.165) is 0 Å². The highest BCUT2D eigenvalue weighted by Gasteiger charge is 2.50. The predicted molar refractivity (Wildman–Crippen MR) is 224 cm³/mol. The number of hydrogen-bond donors (Lipinski definition) is 0. The Bertz CT molecular complexity index is 1100. The van der Waals surface area contributed by atoms with E-state index in [1.807, 2.05) is 13.8 Å². The molecule has 2 rings (SSSR count). The van der Waals surface area contributed by atoms with Gasteiger partial charge in [-0.05, 0) is 29.3 Å². The zero-order chi connectivity index (χ0) is 41.0. The lowest BCUT2D eigenvalue weighted by Crippen LogP contribution is -2.66. The second-order valence-electron chi connectivity index (χ2n) is 14.2. The summed E-state index contributed by atoms with van der Waals surface area (Å²) in [5.74, 6) is 0. The maximum absolute atomic E-state index is 6.85. The summed E-state index contributed by atoms with van der Waals surface area (Å²) < 4.78 is 73.3. The minimum atomic E-state index is -2.54. The van der Waals surface area contributed by atoms with Crippen LogP contribution in [0.1, 0.15) is 34.6 Å². The Morgan fingerprint density at radius 2 is 0.579 bits per heavy atom. The van der Waals surface area contributed by atoms with E-state index < -0.39 is 8.32 Å². The molecule has 0 N–H and O–H groups in total. The van der Waals surface area contributed by atoms with E-state index in [9.17, 15) is 0 Å². The quantitative estimate of drug-likeness (QED) is 0.0708. The lowest BCUT2D eigenvalue weighted by atomic mass is 10.2. The highest BCUT2D eigenvalue weighted by atomic mass is 28.4. The summed E-state index contributed by atoms with van der Waals surface area (Å²) in [5.41, 5.74) is 0. The largest absolute Gasteiger partial charge is 0.405 e. The van der Waals surface area contributed by atoms with Crippen molar-refractivity contribution in [2.24, 2.45) is 0 Å². The summed E-state index contributed by atoms with van der Waals surface area (Å²) in [6, 6.07) is 21.3. The topological polar surface area (TPSA) is 120 Å². The van der Waals surface area contributed by atoms with Gasteiger partial charge in [0.05, 0.1) is 165 Å². The first kappa shape index (κ1) is 51.3. The van der Waals surface area contributed by atoms with Crippen LogP contribution in [0.2, 0.25) is 5.04 Å². The van der Waals surface area contributed by atoms with Gasteiger partial charge in [0.25, 0.3) is 8.32 Å². The highest BCUT2D eigenvalue weighted by Crippen LogP contribution is 2.36. The van der Waals surface area contributed by atoms with Crippen molar-refractivity contribution in [3.05, 3.63) is 60.7 Å². The summed E-state index contributed by atoms with van der Waals surface area (Å²) in [6.45, 7) is 23.3. The van der Waals surface area contributed by atoms with Crippen molar-refractivity contribution in [1.82, 2.24) is 0 Å². The van der Waals surface area contributed by atoms with E-state index in [2.05, 4.69) is 81.4 Å². The van der Waals surface area contributed by atoms with Gasteiger partial charge in [-0.25, -0.2) is 0 Å². The van der Waals surface area contributed by atoms with E-state index in [1.165, 1.54) is 10.4 Å². The van der Waals surface area contributed by atoms with Crippen molar-refractivity contribution < 1.29 is 61.3 Å². The molecule has 0 radical (unpaired) electrons. The van der Waals surface area contributed by atoms with Gasteiger partial charge in [-0.3, -0.25) is 0 Å². The lowest BCUT2D eigenvalue weighted by Gasteiger charge is -2.43. The molecule has 0 bridgehead atoms. The number of rotatable bonds is 40. The van der Waals surface area contributed by atoms with Gasteiger partial charge in [-0.15, -0.1) is 0 Å². The highest BCUT2D eigenvalue weighted by molar-refractivity contribution is 6.99. The van der Waals surface area contributed by atoms with Crippen molar-refractivity contribution in [3.63, 3.8) is 0 Å². The standard InChI is InChI=1S/C43H74O13Si/c1-40(2)55-38-36-53-34-32-51-30-28-49-26-24-47-22-20-45-18-16-44-17-19-46-21-23-48-25-27-50-29-31-52-33-35-54-37-39-56-57(43(3,4)5,41-12-8-6-9-13-41)42-14-10-7-11-15-42/h6-15,40H,16-39H2,1-5H3. The average molecular weight is 827 g/mol. The van der Waals surface area contributed by atoms with Gasteiger partial charge in [-0.2, -0.15) is 0 Å². The monoisotopic (exact) mass is 826 g/mol. The van der Waals surface area contributed by atoms with E-state index in [-0.39, 0.29) is 11.1 Å². The van der Waals surface area contributed by atoms with Crippen LogP contribution in [0.5, 0.6) is 0 Å². The van der Waals surface area contributed by atoms with Crippen LogP contribution in [0.4, 0.5) is 0 Å². The summed E-state index contributed by atoms with van der Waals surface area (Å²) in [7, 11) is -2.54. The first-order chi connectivity index (χ1) is 27.9. The molecule has 0 amide bonds. The van der Waals surface area contributed by atoms with Crippen molar-refractivity contribution >= 4 is 18.7 Å². The molecule has 328 valence electrons. The molecule has 0 fully saturated rings. The van der Waals surface area contributed by atoms with Gasteiger partial charge < -0.3 is 61.3 Å². The van der Waals surface area contributed by atoms with Gasteiger partial charge in [-0.1, -0.05) is 81.4 Å². The number of ether oxygens (including phenoxy) is 12. The summed E-state index contributed by atoms with van der Waals surface area (Å²) in [4.78, 5) is 0.